The van der Waals surface area contributed by atoms with Crippen molar-refractivity contribution in [2.45, 2.75) is 44.8 Å². The molecule has 10 heteroatoms. The molecule has 4 nitrogen and oxygen atoms in total. The van der Waals surface area contributed by atoms with Gasteiger partial charge in [0.2, 0.25) is 5.91 Å². The molecule has 0 bridgehead atoms. The van der Waals surface area contributed by atoms with Crippen molar-refractivity contribution in [3.63, 3.8) is 0 Å². The third-order valence-corrected chi connectivity index (χ3v) is 4.76. The second-order valence-electron chi connectivity index (χ2n) is 7.59. The Balaban J connectivity index is 1.81. The second kappa shape index (κ2) is 12.0. The van der Waals surface area contributed by atoms with Crippen LogP contribution < -0.4 is 10.6 Å². The topological polar surface area (TPSA) is 50.4 Å². The highest BCUT2D eigenvalue weighted by molar-refractivity contribution is 5.73. The standard InChI is InChI=1S/C23H26F6N2O2/c1-16(32)31-21(8-7-17-5-3-2-4-6-17)14-30-9-10-33-15-18-11-19(22(24,25)26)13-20(12-18)23(27,28)29/h2-6,11-13,21,30H,7-10,14-15H2,1H3,(H,31,32)/t21-/m0/s1. The van der Waals surface area contributed by atoms with Gasteiger partial charge in [0.15, 0.2) is 0 Å². The summed E-state index contributed by atoms with van der Waals surface area (Å²) in [6.45, 7) is 1.86. The Labute approximate surface area is 188 Å². The van der Waals surface area contributed by atoms with Gasteiger partial charge in [0.1, 0.15) is 0 Å². The predicted octanol–water partition coefficient (Wildman–Crippen LogP) is 4.97. The van der Waals surface area contributed by atoms with E-state index >= 15 is 0 Å². The van der Waals surface area contributed by atoms with E-state index in [2.05, 4.69) is 10.6 Å². The number of hydrogen-bond donors (Lipinski definition) is 2. The summed E-state index contributed by atoms with van der Waals surface area (Å²) in [6, 6.07) is 11.0. The molecule has 1 amide bonds. The van der Waals surface area contributed by atoms with E-state index in [-0.39, 0.29) is 30.2 Å². The van der Waals surface area contributed by atoms with Crippen LogP contribution in [0.1, 0.15) is 35.6 Å². The van der Waals surface area contributed by atoms with Gasteiger partial charge in [-0.05, 0) is 42.2 Å². The summed E-state index contributed by atoms with van der Waals surface area (Å²) in [5.41, 5.74) is -1.82. The molecule has 33 heavy (non-hydrogen) atoms. The van der Waals surface area contributed by atoms with E-state index in [1.165, 1.54) is 6.92 Å². The van der Waals surface area contributed by atoms with Gasteiger partial charge in [-0.25, -0.2) is 0 Å². The van der Waals surface area contributed by atoms with Gasteiger partial charge in [-0.1, -0.05) is 30.3 Å². The van der Waals surface area contributed by atoms with Crippen LogP contribution in [-0.2, 0) is 34.9 Å². The molecule has 182 valence electrons. The lowest BCUT2D eigenvalue weighted by Crippen LogP contribution is -2.42. The van der Waals surface area contributed by atoms with Crippen LogP contribution in [0.2, 0.25) is 0 Å². The smallest absolute Gasteiger partial charge is 0.375 e. The Morgan fingerprint density at radius 1 is 0.939 bits per heavy atom. The molecule has 2 aromatic carbocycles. The molecule has 0 fully saturated rings. The number of alkyl halides is 6. The van der Waals surface area contributed by atoms with E-state index in [0.29, 0.717) is 31.6 Å². The van der Waals surface area contributed by atoms with Crippen LogP contribution >= 0.6 is 0 Å². The van der Waals surface area contributed by atoms with Crippen molar-refractivity contribution in [1.29, 1.82) is 0 Å². The van der Waals surface area contributed by atoms with Gasteiger partial charge in [-0.3, -0.25) is 4.79 Å². The number of nitrogens with one attached hydrogen (secondary N) is 2. The van der Waals surface area contributed by atoms with E-state index in [1.807, 2.05) is 30.3 Å². The maximum absolute atomic E-state index is 12.9. The van der Waals surface area contributed by atoms with Crippen LogP contribution in [0.3, 0.4) is 0 Å². The van der Waals surface area contributed by atoms with Crippen LogP contribution in [0.25, 0.3) is 0 Å². The van der Waals surface area contributed by atoms with E-state index in [0.717, 1.165) is 12.0 Å². The van der Waals surface area contributed by atoms with Crippen molar-refractivity contribution in [2.24, 2.45) is 0 Å². The Hall–Kier alpha value is -2.59. The number of halogens is 6. The summed E-state index contributed by atoms with van der Waals surface area (Å²) in [7, 11) is 0. The zero-order valence-corrected chi connectivity index (χ0v) is 18.0. The summed E-state index contributed by atoms with van der Waals surface area (Å²) in [4.78, 5) is 11.4. The fourth-order valence-electron chi connectivity index (χ4n) is 3.21. The maximum Gasteiger partial charge on any atom is 0.416 e. The minimum Gasteiger partial charge on any atom is -0.375 e. The van der Waals surface area contributed by atoms with E-state index in [9.17, 15) is 31.1 Å². The molecular formula is C23H26F6N2O2. The SMILES string of the molecule is CC(=O)N[C@@H](CCc1ccccc1)CNCCOCc1cc(C(F)(F)F)cc(C(F)(F)F)c1. The summed E-state index contributed by atoms with van der Waals surface area (Å²) < 4.78 is 82.7. The van der Waals surface area contributed by atoms with Crippen molar-refractivity contribution >= 4 is 5.91 Å². The predicted molar refractivity (Wildman–Crippen MR) is 111 cm³/mol. The van der Waals surface area contributed by atoms with Gasteiger partial charge in [0.05, 0.1) is 24.3 Å². The largest absolute Gasteiger partial charge is 0.416 e. The van der Waals surface area contributed by atoms with Gasteiger partial charge in [-0.2, -0.15) is 26.3 Å². The molecule has 0 spiro atoms. The highest BCUT2D eigenvalue weighted by Crippen LogP contribution is 2.36. The minimum atomic E-state index is -4.89. The lowest BCUT2D eigenvalue weighted by molar-refractivity contribution is -0.143. The van der Waals surface area contributed by atoms with Crippen LogP contribution in [0, 0.1) is 0 Å². The number of carbonyl (C=O) groups excluding carboxylic acids is 1. The first kappa shape index (κ1) is 26.7. The van der Waals surface area contributed by atoms with Crippen LogP contribution in [0.15, 0.2) is 48.5 Å². The maximum atomic E-state index is 12.9. The van der Waals surface area contributed by atoms with Crippen molar-refractivity contribution in [3.05, 3.63) is 70.8 Å². The van der Waals surface area contributed by atoms with Crippen LogP contribution in [0.4, 0.5) is 26.3 Å². The molecule has 0 aliphatic heterocycles. The first-order valence-corrected chi connectivity index (χ1v) is 10.3. The highest BCUT2D eigenvalue weighted by atomic mass is 19.4. The molecule has 0 heterocycles. The second-order valence-corrected chi connectivity index (χ2v) is 7.59. The molecule has 1 atom stereocenters. The average molecular weight is 476 g/mol. The highest BCUT2D eigenvalue weighted by Gasteiger charge is 2.36. The first-order chi connectivity index (χ1) is 15.4. The van der Waals surface area contributed by atoms with Crippen molar-refractivity contribution in [1.82, 2.24) is 10.6 Å². The molecule has 0 aromatic heterocycles. The average Bonchev–Trinajstić information content (AvgIpc) is 2.73. The Kier molecular flexibility index (Phi) is 9.72. The Morgan fingerprint density at radius 3 is 2.09 bits per heavy atom. The van der Waals surface area contributed by atoms with E-state index < -0.39 is 30.1 Å². The van der Waals surface area contributed by atoms with E-state index in [4.69, 9.17) is 4.74 Å². The van der Waals surface area contributed by atoms with Crippen molar-refractivity contribution in [3.8, 4) is 0 Å². The van der Waals surface area contributed by atoms with Crippen molar-refractivity contribution < 1.29 is 35.9 Å². The summed E-state index contributed by atoms with van der Waals surface area (Å²) in [5, 5.41) is 5.94. The number of carbonyl (C=O) groups is 1. The molecule has 0 radical (unpaired) electrons. The molecular weight excluding hydrogens is 450 g/mol. The van der Waals surface area contributed by atoms with Crippen molar-refractivity contribution in [2.75, 3.05) is 19.7 Å². The third-order valence-electron chi connectivity index (χ3n) is 4.76. The fraction of sp³-hybridized carbons (Fsp3) is 0.435. The third kappa shape index (κ3) is 9.83. The summed E-state index contributed by atoms with van der Waals surface area (Å²) >= 11 is 0. The number of benzene rings is 2. The number of ether oxygens (including phenoxy) is 1. The Morgan fingerprint density at radius 2 is 1.55 bits per heavy atom. The lowest BCUT2D eigenvalue weighted by atomic mass is 10.1. The van der Waals surface area contributed by atoms with Gasteiger partial charge < -0.3 is 15.4 Å². The number of rotatable bonds is 11. The van der Waals surface area contributed by atoms with Gasteiger partial charge in [-0.15, -0.1) is 0 Å². The molecule has 2 rings (SSSR count). The van der Waals surface area contributed by atoms with E-state index in [1.54, 1.807) is 0 Å². The van der Waals surface area contributed by atoms with Crippen LogP contribution in [0.5, 0.6) is 0 Å². The minimum absolute atomic E-state index is 0.0725. The molecule has 2 aromatic rings. The Bertz CT molecular complexity index is 853. The molecule has 0 aliphatic rings. The first-order valence-electron chi connectivity index (χ1n) is 10.3. The molecule has 0 aliphatic carbocycles. The van der Waals surface area contributed by atoms with Crippen LogP contribution in [-0.4, -0.2) is 31.6 Å². The van der Waals surface area contributed by atoms with Gasteiger partial charge in [0.25, 0.3) is 0 Å². The van der Waals surface area contributed by atoms with Gasteiger partial charge in [0, 0.05) is 26.1 Å². The monoisotopic (exact) mass is 476 g/mol. The zero-order valence-electron chi connectivity index (χ0n) is 18.0. The number of hydrogen-bond acceptors (Lipinski definition) is 3. The number of aryl methyl sites for hydroxylation is 1. The normalized spacial score (nSPS) is 13.1. The van der Waals surface area contributed by atoms with Gasteiger partial charge >= 0.3 is 12.4 Å². The molecule has 0 saturated heterocycles. The molecule has 0 saturated carbocycles. The molecule has 2 N–H and O–H groups in total. The summed E-state index contributed by atoms with van der Waals surface area (Å²) in [6.07, 6.45) is -8.32. The zero-order chi connectivity index (χ0) is 24.5. The quantitative estimate of drug-likeness (QED) is 0.356. The lowest BCUT2D eigenvalue weighted by Gasteiger charge is -2.19. The summed E-state index contributed by atoms with van der Waals surface area (Å²) in [5.74, 6) is -0.170. The fourth-order valence-corrected chi connectivity index (χ4v) is 3.21. The molecule has 0 unspecified atom stereocenters. The number of amides is 1.